The van der Waals surface area contributed by atoms with E-state index in [0.717, 1.165) is 5.56 Å². The summed E-state index contributed by atoms with van der Waals surface area (Å²) in [7, 11) is 3.01. The monoisotopic (exact) mass is 535 g/mol. The van der Waals surface area contributed by atoms with Gasteiger partial charge in [-0.25, -0.2) is 9.59 Å². The highest BCUT2D eigenvalue weighted by atomic mass is 35.5. The topological polar surface area (TPSA) is 111 Å². The number of urea groups is 1. The molecule has 38 heavy (non-hydrogen) atoms. The van der Waals surface area contributed by atoms with Gasteiger partial charge in [-0.3, -0.25) is 4.57 Å². The van der Waals surface area contributed by atoms with Crippen LogP contribution in [0.4, 0.5) is 16.2 Å². The van der Waals surface area contributed by atoms with Crippen LogP contribution in [-0.4, -0.2) is 42.5 Å². The molecule has 0 spiro atoms. The fourth-order valence-electron chi connectivity index (χ4n) is 3.92. The number of benzene rings is 3. The van der Waals surface area contributed by atoms with Crippen LogP contribution in [0.5, 0.6) is 17.2 Å². The number of nitrogens with one attached hydrogen (secondary N) is 2. The summed E-state index contributed by atoms with van der Waals surface area (Å²) in [5, 5.41) is 16.1. The second-order valence-electron chi connectivity index (χ2n) is 8.00. The fourth-order valence-corrected chi connectivity index (χ4v) is 4.21. The zero-order valence-corrected chi connectivity index (χ0v) is 21.7. The van der Waals surface area contributed by atoms with E-state index in [1.807, 2.05) is 0 Å². The number of phenols is 1. The van der Waals surface area contributed by atoms with Crippen LogP contribution >= 0.6 is 11.6 Å². The van der Waals surface area contributed by atoms with E-state index >= 15 is 0 Å². The first-order valence-corrected chi connectivity index (χ1v) is 12.0. The highest BCUT2D eigenvalue weighted by molar-refractivity contribution is 6.31. The van der Waals surface area contributed by atoms with Crippen molar-refractivity contribution in [3.63, 3.8) is 0 Å². The number of carbonyl (C=O) groups is 2. The summed E-state index contributed by atoms with van der Waals surface area (Å²) >= 11 is 6.54. The molecule has 0 bridgehead atoms. The smallest absolute Gasteiger partial charge is 0.357 e. The molecule has 0 saturated carbocycles. The number of ether oxygens (including phenoxy) is 3. The largest absolute Gasteiger partial charge is 0.504 e. The summed E-state index contributed by atoms with van der Waals surface area (Å²) in [6, 6.07) is 20.0. The lowest BCUT2D eigenvalue weighted by Crippen LogP contribution is -2.22. The van der Waals surface area contributed by atoms with Crippen LogP contribution in [0.25, 0.3) is 16.8 Å². The molecule has 0 radical (unpaired) electrons. The Bertz CT molecular complexity index is 1470. The zero-order valence-electron chi connectivity index (χ0n) is 20.9. The van der Waals surface area contributed by atoms with Crippen molar-refractivity contribution in [3.05, 3.63) is 83.6 Å². The summed E-state index contributed by atoms with van der Waals surface area (Å²) in [6.07, 6.45) is 0. The van der Waals surface area contributed by atoms with E-state index in [0.29, 0.717) is 28.4 Å². The Labute approximate surface area is 224 Å². The van der Waals surface area contributed by atoms with E-state index < -0.39 is 12.0 Å². The van der Waals surface area contributed by atoms with Crippen molar-refractivity contribution < 1.29 is 28.9 Å². The maximum absolute atomic E-state index is 13.0. The summed E-state index contributed by atoms with van der Waals surface area (Å²) in [5.74, 6) is 0.288. The Morgan fingerprint density at radius 3 is 2.37 bits per heavy atom. The Hall–Kier alpha value is -4.63. The fraction of sp³-hybridized carbons (Fsp3) is 0.143. The van der Waals surface area contributed by atoms with Crippen LogP contribution in [-0.2, 0) is 4.74 Å². The number of halogens is 1. The van der Waals surface area contributed by atoms with E-state index in [9.17, 15) is 14.7 Å². The van der Waals surface area contributed by atoms with Gasteiger partial charge in [-0.05, 0) is 42.8 Å². The van der Waals surface area contributed by atoms with Gasteiger partial charge in [0.25, 0.3) is 0 Å². The average Bonchev–Trinajstić information content (AvgIpc) is 3.24. The highest BCUT2D eigenvalue weighted by Crippen LogP contribution is 2.37. The number of esters is 1. The minimum atomic E-state index is -0.661. The second kappa shape index (κ2) is 11.6. The maximum Gasteiger partial charge on any atom is 0.357 e. The number of rotatable bonds is 8. The van der Waals surface area contributed by atoms with Crippen LogP contribution in [0.15, 0.2) is 72.8 Å². The molecular formula is C28H26ClN3O6. The molecule has 4 aromatic rings. The van der Waals surface area contributed by atoms with Crippen molar-refractivity contribution in [2.45, 2.75) is 6.92 Å². The Balaban J connectivity index is 1.67. The van der Waals surface area contributed by atoms with Gasteiger partial charge in [0.1, 0.15) is 10.9 Å². The number of aromatic nitrogens is 1. The number of amides is 2. The summed E-state index contributed by atoms with van der Waals surface area (Å²) in [6.45, 7) is 1.82. The van der Waals surface area contributed by atoms with Gasteiger partial charge in [-0.1, -0.05) is 41.9 Å². The number of aromatic hydroxyl groups is 1. The van der Waals surface area contributed by atoms with Gasteiger partial charge in [0, 0.05) is 29.1 Å². The van der Waals surface area contributed by atoms with Crippen LogP contribution in [0.1, 0.15) is 17.4 Å². The van der Waals surface area contributed by atoms with Crippen LogP contribution in [0.3, 0.4) is 0 Å². The van der Waals surface area contributed by atoms with E-state index in [1.165, 1.54) is 24.9 Å². The molecular weight excluding hydrogens is 510 g/mol. The van der Waals surface area contributed by atoms with Crippen molar-refractivity contribution in [1.29, 1.82) is 0 Å². The molecule has 0 aliphatic carbocycles. The van der Waals surface area contributed by atoms with E-state index in [-0.39, 0.29) is 28.9 Å². The molecule has 0 saturated heterocycles. The molecule has 1 aromatic heterocycles. The number of carbonyl (C=O) groups excluding carboxylic acids is 2. The summed E-state index contributed by atoms with van der Waals surface area (Å²) < 4.78 is 17.1. The zero-order chi connectivity index (χ0) is 27.2. The third kappa shape index (κ3) is 5.52. The molecule has 3 aromatic carbocycles. The molecule has 10 heteroatoms. The third-order valence-corrected chi connectivity index (χ3v) is 5.93. The number of hydrogen-bond donors (Lipinski definition) is 3. The third-order valence-electron chi connectivity index (χ3n) is 5.66. The lowest BCUT2D eigenvalue weighted by molar-refractivity contribution is 0.0518. The molecule has 9 nitrogen and oxygen atoms in total. The lowest BCUT2D eigenvalue weighted by Gasteiger charge is -2.14. The molecule has 0 unspecified atom stereocenters. The summed E-state index contributed by atoms with van der Waals surface area (Å²) in [4.78, 5) is 25.7. The Kier molecular flexibility index (Phi) is 8.08. The van der Waals surface area contributed by atoms with Gasteiger partial charge in [-0.15, -0.1) is 0 Å². The van der Waals surface area contributed by atoms with Crippen molar-refractivity contribution in [1.82, 2.24) is 4.57 Å². The number of anilines is 2. The van der Waals surface area contributed by atoms with Gasteiger partial charge >= 0.3 is 12.0 Å². The average molecular weight is 536 g/mol. The van der Waals surface area contributed by atoms with Crippen LogP contribution in [0, 0.1) is 0 Å². The number of nitrogens with zero attached hydrogens (tertiary/aromatic N) is 1. The maximum atomic E-state index is 13.0. The van der Waals surface area contributed by atoms with Crippen LogP contribution < -0.4 is 20.1 Å². The second-order valence-corrected chi connectivity index (χ2v) is 8.39. The molecule has 0 aliphatic rings. The molecule has 0 aliphatic heterocycles. The first-order valence-electron chi connectivity index (χ1n) is 11.6. The standard InChI is InChI=1S/C28H26ClN3O6/c1-4-38-27(34)25-22(31-28(35)30-18-7-5-8-20(15-18)36-2)16-24(29)32(25)19-13-11-17(12-14-19)21-9-6-10-23(37-3)26(21)33/h5-16,33H,4H2,1-3H3,(H2,30,31,35). The van der Waals surface area contributed by atoms with Gasteiger partial charge in [0.15, 0.2) is 17.2 Å². The summed E-state index contributed by atoms with van der Waals surface area (Å²) in [5.41, 5.74) is 2.57. The van der Waals surface area contributed by atoms with Gasteiger partial charge in [0.05, 0.1) is 26.5 Å². The molecule has 1 heterocycles. The number of hydrogen-bond acceptors (Lipinski definition) is 6. The van der Waals surface area contributed by atoms with E-state index in [1.54, 1.807) is 73.7 Å². The molecule has 0 fully saturated rings. The normalized spacial score (nSPS) is 10.5. The predicted molar refractivity (Wildman–Crippen MR) is 146 cm³/mol. The van der Waals surface area contributed by atoms with Crippen molar-refractivity contribution in [3.8, 4) is 34.1 Å². The lowest BCUT2D eigenvalue weighted by atomic mass is 10.0. The predicted octanol–water partition coefficient (Wildman–Crippen LogP) is 6.34. The quantitative estimate of drug-likeness (QED) is 0.227. The number of para-hydroxylation sites is 1. The minimum Gasteiger partial charge on any atom is -0.504 e. The highest BCUT2D eigenvalue weighted by Gasteiger charge is 2.24. The molecule has 0 atom stereocenters. The van der Waals surface area contributed by atoms with Crippen molar-refractivity contribution in [2.75, 3.05) is 31.5 Å². The molecule has 2 amide bonds. The minimum absolute atomic E-state index is 0.0162. The van der Waals surface area contributed by atoms with Crippen molar-refractivity contribution in [2.24, 2.45) is 0 Å². The van der Waals surface area contributed by atoms with Gasteiger partial charge < -0.3 is 30.0 Å². The molecule has 3 N–H and O–H groups in total. The number of phenolic OH excluding ortho intramolecular Hbond substituents is 1. The van der Waals surface area contributed by atoms with Crippen LogP contribution in [0.2, 0.25) is 5.15 Å². The SMILES string of the molecule is CCOC(=O)c1c(NC(=O)Nc2cccc(OC)c2)cc(Cl)n1-c1ccc(-c2cccc(OC)c2O)cc1. The first-order chi connectivity index (χ1) is 18.4. The van der Waals surface area contributed by atoms with Gasteiger partial charge in [-0.2, -0.15) is 0 Å². The molecule has 196 valence electrons. The Morgan fingerprint density at radius 2 is 1.68 bits per heavy atom. The van der Waals surface area contributed by atoms with E-state index in [2.05, 4.69) is 10.6 Å². The van der Waals surface area contributed by atoms with Gasteiger partial charge in [0.2, 0.25) is 0 Å². The first kappa shape index (κ1) is 26.4. The van der Waals surface area contributed by atoms with E-state index in [4.69, 9.17) is 25.8 Å². The Morgan fingerprint density at radius 1 is 0.947 bits per heavy atom. The molecule has 4 rings (SSSR count). The van der Waals surface area contributed by atoms with Crippen molar-refractivity contribution >= 4 is 35.0 Å². The number of methoxy groups -OCH3 is 2.